The molecule has 0 fully saturated rings. The smallest absolute Gasteiger partial charge is 0.293 e. The number of Topliss-reactive ketones (excluding diaryl/α,β-unsaturated/α-hetero) is 1. The van der Waals surface area contributed by atoms with Gasteiger partial charge in [0, 0.05) is 26.1 Å². The molecule has 0 unspecified atom stereocenters. The molecule has 0 radical (unpaired) electrons. The van der Waals surface area contributed by atoms with Crippen LogP contribution in [-0.4, -0.2) is 25.7 Å². The Kier molecular flexibility index (Phi) is 4.90. The second-order valence-electron chi connectivity index (χ2n) is 5.53. The van der Waals surface area contributed by atoms with E-state index in [2.05, 4.69) is 4.99 Å². The van der Waals surface area contributed by atoms with Gasteiger partial charge in [-0.25, -0.2) is 9.79 Å². The van der Waals surface area contributed by atoms with Gasteiger partial charge in [0.1, 0.15) is 5.82 Å². The number of aromatic nitrogens is 2. The number of ketones is 1. The number of rotatable bonds is 3. The maximum absolute atomic E-state index is 12.3. The summed E-state index contributed by atoms with van der Waals surface area (Å²) in [5.41, 5.74) is 0.148. The topological polar surface area (TPSA) is 73.4 Å². The van der Waals surface area contributed by atoms with E-state index in [1.54, 1.807) is 19.2 Å². The third-order valence-electron chi connectivity index (χ3n) is 3.89. The zero-order valence-electron chi connectivity index (χ0n) is 13.4. The average molecular weight is 398 g/mol. The molecule has 1 aliphatic rings. The molecule has 2 aromatic rings. The van der Waals surface area contributed by atoms with Crippen LogP contribution in [0.25, 0.3) is 0 Å². The number of halogens is 2. The molecule has 0 N–H and O–H groups in total. The van der Waals surface area contributed by atoms with Crippen LogP contribution in [-0.2, 0) is 20.5 Å². The van der Waals surface area contributed by atoms with Gasteiger partial charge >= 0.3 is 5.69 Å². The molecule has 0 saturated heterocycles. The molecule has 1 aliphatic heterocycles. The second kappa shape index (κ2) is 6.82. The van der Waals surface area contributed by atoms with Gasteiger partial charge < -0.3 is 0 Å². The van der Waals surface area contributed by atoms with Crippen molar-refractivity contribution in [3.05, 3.63) is 60.2 Å². The van der Waals surface area contributed by atoms with Crippen molar-refractivity contribution in [1.82, 2.24) is 9.13 Å². The summed E-state index contributed by atoms with van der Waals surface area (Å²) < 4.78 is 2.40. The highest BCUT2D eigenvalue weighted by Crippen LogP contribution is 2.27. The normalized spacial score (nSPS) is 12.9. The first kappa shape index (κ1) is 18.0. The highest BCUT2D eigenvalue weighted by molar-refractivity contribution is 8.14. The van der Waals surface area contributed by atoms with Gasteiger partial charge in [-0.1, -0.05) is 23.2 Å². The van der Waals surface area contributed by atoms with Crippen LogP contribution in [0.3, 0.4) is 0 Å². The Hall–Kier alpha value is -1.83. The van der Waals surface area contributed by atoms with Gasteiger partial charge in [-0.3, -0.25) is 18.7 Å². The van der Waals surface area contributed by atoms with Gasteiger partial charge in [-0.2, -0.15) is 0 Å². The summed E-state index contributed by atoms with van der Waals surface area (Å²) in [5, 5.41) is 1.33. The first-order chi connectivity index (χ1) is 11.8. The largest absolute Gasteiger partial charge is 0.332 e. The molecule has 130 valence electrons. The van der Waals surface area contributed by atoms with Gasteiger partial charge in [-0.05, 0) is 18.2 Å². The predicted octanol–water partition coefficient (Wildman–Crippen LogP) is 2.59. The number of hydrogen-bond acceptors (Lipinski definition) is 5. The van der Waals surface area contributed by atoms with E-state index in [-0.39, 0.29) is 17.1 Å². The van der Waals surface area contributed by atoms with Gasteiger partial charge in [0.25, 0.3) is 5.56 Å². The van der Waals surface area contributed by atoms with E-state index in [0.717, 1.165) is 4.57 Å². The summed E-state index contributed by atoms with van der Waals surface area (Å²) in [5.74, 6) is 0.389. The molecule has 6 nitrogen and oxygen atoms in total. The van der Waals surface area contributed by atoms with E-state index in [1.165, 1.54) is 29.4 Å². The van der Waals surface area contributed by atoms with Crippen molar-refractivity contribution in [2.45, 2.75) is 6.42 Å². The third-order valence-corrected chi connectivity index (χ3v) is 5.61. The fourth-order valence-corrected chi connectivity index (χ4v) is 3.65. The monoisotopic (exact) mass is 397 g/mol. The quantitative estimate of drug-likeness (QED) is 0.745. The number of fused-ring (bicyclic) bond motifs is 1. The van der Waals surface area contributed by atoms with Crippen LogP contribution < -0.4 is 11.2 Å². The number of carbonyl (C=O) groups excluding carboxylic acids is 1. The molecule has 2 heterocycles. The molecule has 0 aliphatic carbocycles. The lowest BCUT2D eigenvalue weighted by Crippen LogP contribution is -2.38. The van der Waals surface area contributed by atoms with Crippen LogP contribution in [0, 0.1) is 0 Å². The summed E-state index contributed by atoms with van der Waals surface area (Å²) in [6.45, 7) is 0. The Morgan fingerprint density at radius 2 is 1.92 bits per heavy atom. The SMILES string of the molecule is Cn1c2c(c(=O)n(C)c1=O)CC(SCC(=O)c1ccc(Cl)c(Cl)c1)=N2. The van der Waals surface area contributed by atoms with Crippen LogP contribution in [0.2, 0.25) is 10.0 Å². The van der Waals surface area contributed by atoms with Crippen LogP contribution >= 0.6 is 35.0 Å². The first-order valence-electron chi connectivity index (χ1n) is 7.27. The second-order valence-corrected chi connectivity index (χ2v) is 7.39. The summed E-state index contributed by atoms with van der Waals surface area (Å²) >= 11 is 13.0. The molecule has 0 spiro atoms. The number of nitrogens with zero attached hydrogens (tertiary/aromatic N) is 3. The van der Waals surface area contributed by atoms with Crippen molar-refractivity contribution in [2.24, 2.45) is 19.1 Å². The van der Waals surface area contributed by atoms with Crippen molar-refractivity contribution in [1.29, 1.82) is 0 Å². The minimum atomic E-state index is -0.425. The lowest BCUT2D eigenvalue weighted by molar-refractivity contribution is 0.102. The highest BCUT2D eigenvalue weighted by atomic mass is 35.5. The Bertz CT molecular complexity index is 1040. The highest BCUT2D eigenvalue weighted by Gasteiger charge is 2.24. The minimum Gasteiger partial charge on any atom is -0.293 e. The van der Waals surface area contributed by atoms with Gasteiger partial charge in [0.15, 0.2) is 5.78 Å². The van der Waals surface area contributed by atoms with Crippen LogP contribution in [0.1, 0.15) is 15.9 Å². The molecule has 1 aromatic heterocycles. The number of thioether (sulfide) groups is 1. The Morgan fingerprint density at radius 3 is 2.60 bits per heavy atom. The summed E-state index contributed by atoms with van der Waals surface area (Å²) in [7, 11) is 3.00. The molecule has 0 saturated carbocycles. The minimum absolute atomic E-state index is 0.121. The molecular weight excluding hydrogens is 385 g/mol. The van der Waals surface area contributed by atoms with E-state index in [1.807, 2.05) is 0 Å². The molecule has 0 amide bonds. The maximum Gasteiger partial charge on any atom is 0.332 e. The molecule has 0 atom stereocenters. The number of carbonyl (C=O) groups is 1. The summed E-state index contributed by atoms with van der Waals surface area (Å²) in [6.07, 6.45) is 0.315. The Labute approximate surface area is 157 Å². The van der Waals surface area contributed by atoms with Crippen LogP contribution in [0.5, 0.6) is 0 Å². The van der Waals surface area contributed by atoms with E-state index in [0.29, 0.717) is 38.5 Å². The van der Waals surface area contributed by atoms with E-state index >= 15 is 0 Å². The Balaban J connectivity index is 1.77. The lowest BCUT2D eigenvalue weighted by atomic mass is 10.1. The van der Waals surface area contributed by atoms with Crippen LogP contribution in [0.15, 0.2) is 32.8 Å². The molecular formula is C16H13Cl2N3O3S. The molecule has 25 heavy (non-hydrogen) atoms. The van der Waals surface area contributed by atoms with Gasteiger partial charge in [-0.15, -0.1) is 11.8 Å². The molecule has 0 bridgehead atoms. The fourth-order valence-electron chi connectivity index (χ4n) is 2.49. The van der Waals surface area contributed by atoms with Gasteiger partial charge in [0.05, 0.1) is 26.4 Å². The lowest BCUT2D eigenvalue weighted by Gasteiger charge is -2.05. The van der Waals surface area contributed by atoms with Crippen molar-refractivity contribution in [3.8, 4) is 0 Å². The molecule has 3 rings (SSSR count). The first-order valence-corrected chi connectivity index (χ1v) is 9.01. The van der Waals surface area contributed by atoms with E-state index in [9.17, 15) is 14.4 Å². The number of aliphatic imine (C=N–C) groups is 1. The van der Waals surface area contributed by atoms with Crippen molar-refractivity contribution in [2.75, 3.05) is 5.75 Å². The van der Waals surface area contributed by atoms with E-state index in [4.69, 9.17) is 23.2 Å². The predicted molar refractivity (Wildman–Crippen MR) is 101 cm³/mol. The van der Waals surface area contributed by atoms with Crippen molar-refractivity contribution >= 4 is 51.6 Å². The number of hydrogen-bond donors (Lipinski definition) is 0. The summed E-state index contributed by atoms with van der Waals surface area (Å²) in [6, 6.07) is 4.71. The third kappa shape index (κ3) is 3.31. The Morgan fingerprint density at radius 1 is 1.20 bits per heavy atom. The van der Waals surface area contributed by atoms with E-state index < -0.39 is 5.69 Å². The molecule has 1 aromatic carbocycles. The number of benzene rings is 1. The van der Waals surface area contributed by atoms with Gasteiger partial charge in [0.2, 0.25) is 0 Å². The zero-order chi connectivity index (χ0) is 18.3. The maximum atomic E-state index is 12.3. The van der Waals surface area contributed by atoms with Crippen LogP contribution in [0.4, 0.5) is 5.82 Å². The van der Waals surface area contributed by atoms with Crippen molar-refractivity contribution in [3.63, 3.8) is 0 Å². The average Bonchev–Trinajstić information content (AvgIpc) is 3.03. The summed E-state index contributed by atoms with van der Waals surface area (Å²) in [4.78, 5) is 40.7. The fraction of sp³-hybridized carbons (Fsp3) is 0.250. The molecule has 9 heteroatoms. The van der Waals surface area contributed by atoms with Crippen molar-refractivity contribution < 1.29 is 4.79 Å². The zero-order valence-corrected chi connectivity index (χ0v) is 15.7. The standard InChI is InChI=1S/C16H13Cl2N3O3S/c1-20-14-9(15(23)21(2)16(20)24)6-13(19-14)25-7-12(22)8-3-4-10(17)11(18)5-8/h3-5H,6-7H2,1-2H3.